The molecule has 0 aliphatic carbocycles. The van der Waals surface area contributed by atoms with Gasteiger partial charge in [-0.2, -0.15) is 0 Å². The summed E-state index contributed by atoms with van der Waals surface area (Å²) in [5, 5.41) is 12.3. The van der Waals surface area contributed by atoms with Crippen LogP contribution in [0, 0.1) is 0 Å². The van der Waals surface area contributed by atoms with Crippen LogP contribution in [-0.4, -0.2) is 34.7 Å². The third-order valence-corrected chi connectivity index (χ3v) is 5.48. The van der Waals surface area contributed by atoms with Gasteiger partial charge in [-0.1, -0.05) is 35.6 Å². The maximum absolute atomic E-state index is 12.4. The van der Waals surface area contributed by atoms with Crippen LogP contribution in [-0.2, 0) is 19.5 Å². The monoisotopic (exact) mass is 380 g/mol. The van der Waals surface area contributed by atoms with Crippen molar-refractivity contribution in [1.82, 2.24) is 15.1 Å². The number of nitrogens with zero attached hydrogens (tertiary/aromatic N) is 3. The fraction of sp³-hybridized carbons (Fsp3) is 0.250. The van der Waals surface area contributed by atoms with Crippen molar-refractivity contribution in [2.75, 3.05) is 19.0 Å². The molecule has 0 fully saturated rings. The number of aromatic nitrogens is 2. The summed E-state index contributed by atoms with van der Waals surface area (Å²) in [5.74, 6) is 0.502. The first-order chi connectivity index (χ1) is 13.2. The maximum atomic E-state index is 12.4. The molecule has 1 N–H and O–H groups in total. The number of rotatable bonds is 5. The summed E-state index contributed by atoms with van der Waals surface area (Å²) in [7, 11) is 1.61. The van der Waals surface area contributed by atoms with Gasteiger partial charge in [0, 0.05) is 18.8 Å². The van der Waals surface area contributed by atoms with Gasteiger partial charge < -0.3 is 10.1 Å². The van der Waals surface area contributed by atoms with Crippen molar-refractivity contribution in [3.05, 3.63) is 69.7 Å². The average molecular weight is 380 g/mol. The number of carbonyl (C=O) groups is 1. The second-order valence-corrected chi connectivity index (χ2v) is 7.48. The highest BCUT2D eigenvalue weighted by Crippen LogP contribution is 2.22. The lowest BCUT2D eigenvalue weighted by atomic mass is 10.0. The Hall–Kier alpha value is -2.77. The molecule has 138 valence electrons. The summed E-state index contributed by atoms with van der Waals surface area (Å²) < 4.78 is 5.12. The molecule has 27 heavy (non-hydrogen) atoms. The molecule has 3 aromatic rings. The van der Waals surface area contributed by atoms with E-state index in [4.69, 9.17) is 4.74 Å². The molecule has 7 heteroatoms. The van der Waals surface area contributed by atoms with E-state index in [1.165, 1.54) is 22.5 Å². The predicted molar refractivity (Wildman–Crippen MR) is 105 cm³/mol. The number of amides is 1. The van der Waals surface area contributed by atoms with Gasteiger partial charge in [0.15, 0.2) is 0 Å². The minimum atomic E-state index is -0.243. The van der Waals surface area contributed by atoms with Crippen molar-refractivity contribution in [3.63, 3.8) is 0 Å². The summed E-state index contributed by atoms with van der Waals surface area (Å²) in [5.41, 5.74) is 3.49. The lowest BCUT2D eigenvalue weighted by molar-refractivity contribution is 0.102. The second-order valence-electron chi connectivity index (χ2n) is 6.41. The van der Waals surface area contributed by atoms with E-state index in [9.17, 15) is 4.79 Å². The fourth-order valence-corrected chi connectivity index (χ4v) is 3.93. The van der Waals surface area contributed by atoms with E-state index < -0.39 is 0 Å². The van der Waals surface area contributed by atoms with Crippen LogP contribution < -0.4 is 10.1 Å². The van der Waals surface area contributed by atoms with Gasteiger partial charge in [0.05, 0.1) is 13.7 Å². The smallest absolute Gasteiger partial charge is 0.286 e. The molecule has 0 saturated heterocycles. The topological polar surface area (TPSA) is 67.3 Å². The number of nitrogens with one attached hydrogen (secondary N) is 1. The van der Waals surface area contributed by atoms with Gasteiger partial charge in [0.1, 0.15) is 10.8 Å². The average Bonchev–Trinajstić information content (AvgIpc) is 3.17. The zero-order valence-electron chi connectivity index (χ0n) is 15.0. The van der Waals surface area contributed by atoms with Crippen LogP contribution in [0.4, 0.5) is 5.69 Å². The Morgan fingerprint density at radius 3 is 2.70 bits per heavy atom. The van der Waals surface area contributed by atoms with Gasteiger partial charge in [-0.25, -0.2) is 0 Å². The largest absolute Gasteiger partial charge is 0.497 e. The van der Waals surface area contributed by atoms with Crippen LogP contribution in [0.15, 0.2) is 48.5 Å². The fourth-order valence-electron chi connectivity index (χ4n) is 3.15. The molecule has 0 radical (unpaired) electrons. The van der Waals surface area contributed by atoms with Gasteiger partial charge in [0.25, 0.3) is 5.91 Å². The first-order valence-electron chi connectivity index (χ1n) is 8.78. The summed E-state index contributed by atoms with van der Waals surface area (Å²) in [6.07, 6.45) is 1.04. The summed E-state index contributed by atoms with van der Waals surface area (Å²) in [6, 6.07) is 15.7. The second kappa shape index (κ2) is 7.85. The van der Waals surface area contributed by atoms with Crippen LogP contribution in [0.3, 0.4) is 0 Å². The molecule has 0 bridgehead atoms. The number of fused-ring (bicyclic) bond motifs is 1. The SMILES string of the molecule is COc1ccc(NC(=O)c2nnc(CN3CCc4ccccc4C3)s2)cc1. The van der Waals surface area contributed by atoms with Crippen LogP contribution in [0.2, 0.25) is 0 Å². The maximum Gasteiger partial charge on any atom is 0.286 e. The molecule has 1 aliphatic heterocycles. The summed E-state index contributed by atoms with van der Waals surface area (Å²) in [4.78, 5) is 14.7. The summed E-state index contributed by atoms with van der Waals surface area (Å²) in [6.45, 7) is 2.61. The highest BCUT2D eigenvalue weighted by molar-refractivity contribution is 7.13. The zero-order valence-corrected chi connectivity index (χ0v) is 15.8. The molecule has 2 heterocycles. The van der Waals surface area contributed by atoms with E-state index in [1.54, 1.807) is 31.4 Å². The molecule has 4 rings (SSSR count). The van der Waals surface area contributed by atoms with E-state index in [2.05, 4.69) is 44.7 Å². The Morgan fingerprint density at radius 2 is 1.93 bits per heavy atom. The lowest BCUT2D eigenvalue weighted by Crippen LogP contribution is -2.29. The number of benzene rings is 2. The van der Waals surface area contributed by atoms with E-state index in [1.807, 2.05) is 0 Å². The number of ether oxygens (including phenoxy) is 1. The number of hydrogen-bond acceptors (Lipinski definition) is 6. The van der Waals surface area contributed by atoms with Crippen molar-refractivity contribution in [2.45, 2.75) is 19.5 Å². The van der Waals surface area contributed by atoms with Crippen molar-refractivity contribution >= 4 is 22.9 Å². The van der Waals surface area contributed by atoms with Crippen LogP contribution >= 0.6 is 11.3 Å². The first kappa shape index (κ1) is 17.6. The minimum absolute atomic E-state index is 0.243. The van der Waals surface area contributed by atoms with Crippen LogP contribution in [0.25, 0.3) is 0 Å². The molecule has 0 saturated carbocycles. The number of methoxy groups -OCH3 is 1. The molecule has 6 nitrogen and oxygen atoms in total. The van der Waals surface area contributed by atoms with Gasteiger partial charge in [-0.3, -0.25) is 9.69 Å². The third kappa shape index (κ3) is 4.15. The minimum Gasteiger partial charge on any atom is -0.497 e. The van der Waals surface area contributed by atoms with Gasteiger partial charge >= 0.3 is 0 Å². The molecule has 1 aliphatic rings. The van der Waals surface area contributed by atoms with E-state index >= 15 is 0 Å². The number of anilines is 1. The van der Waals surface area contributed by atoms with Crippen molar-refractivity contribution in [3.8, 4) is 5.75 Å². The summed E-state index contributed by atoms with van der Waals surface area (Å²) >= 11 is 1.34. The van der Waals surface area contributed by atoms with Crippen LogP contribution in [0.1, 0.15) is 25.9 Å². The van der Waals surface area contributed by atoms with E-state index in [0.717, 1.165) is 30.3 Å². The quantitative estimate of drug-likeness (QED) is 0.735. The van der Waals surface area contributed by atoms with Crippen molar-refractivity contribution in [1.29, 1.82) is 0 Å². The van der Waals surface area contributed by atoms with Gasteiger partial charge in [-0.05, 0) is 41.8 Å². The Bertz CT molecular complexity index is 939. The zero-order chi connectivity index (χ0) is 18.6. The first-order valence-corrected chi connectivity index (χ1v) is 9.60. The predicted octanol–water partition coefficient (Wildman–Crippen LogP) is 3.36. The number of hydrogen-bond donors (Lipinski definition) is 1. The van der Waals surface area contributed by atoms with E-state index in [-0.39, 0.29) is 5.91 Å². The van der Waals surface area contributed by atoms with Gasteiger partial charge in [-0.15, -0.1) is 10.2 Å². The van der Waals surface area contributed by atoms with Crippen molar-refractivity contribution in [2.24, 2.45) is 0 Å². The molecule has 0 unspecified atom stereocenters. The molecule has 0 atom stereocenters. The molecule has 1 aromatic heterocycles. The highest BCUT2D eigenvalue weighted by Gasteiger charge is 2.19. The molecule has 2 aromatic carbocycles. The molecular formula is C20H20N4O2S. The standard InChI is InChI=1S/C20H20N4O2S/c1-26-17-8-6-16(7-9-17)21-19(25)20-23-22-18(27-20)13-24-11-10-14-4-2-3-5-15(14)12-24/h2-9H,10-13H2,1H3,(H,21,25). The Labute approximate surface area is 161 Å². The lowest BCUT2D eigenvalue weighted by Gasteiger charge is -2.27. The van der Waals surface area contributed by atoms with Gasteiger partial charge in [0.2, 0.25) is 5.01 Å². The molecular weight excluding hydrogens is 360 g/mol. The van der Waals surface area contributed by atoms with Crippen molar-refractivity contribution < 1.29 is 9.53 Å². The molecule has 1 amide bonds. The number of carbonyl (C=O) groups excluding carboxylic acids is 1. The molecule has 0 spiro atoms. The Kier molecular flexibility index (Phi) is 5.13. The third-order valence-electron chi connectivity index (χ3n) is 4.58. The highest BCUT2D eigenvalue weighted by atomic mass is 32.1. The normalized spacial score (nSPS) is 13.8. The van der Waals surface area contributed by atoms with Crippen LogP contribution in [0.5, 0.6) is 5.75 Å². The Balaban J connectivity index is 1.37. The Morgan fingerprint density at radius 1 is 1.15 bits per heavy atom. The van der Waals surface area contributed by atoms with E-state index in [0.29, 0.717) is 17.2 Å².